The van der Waals surface area contributed by atoms with E-state index in [1.165, 1.54) is 0 Å². The van der Waals surface area contributed by atoms with E-state index in [0.29, 0.717) is 12.3 Å². The highest BCUT2D eigenvalue weighted by Gasteiger charge is 2.06. The van der Waals surface area contributed by atoms with Crippen molar-refractivity contribution in [1.82, 2.24) is 10.3 Å². The Hall–Kier alpha value is -1.38. The maximum absolute atomic E-state index is 11.6. The van der Waals surface area contributed by atoms with Crippen LogP contribution in [0.2, 0.25) is 0 Å². The van der Waals surface area contributed by atoms with Gasteiger partial charge in [-0.1, -0.05) is 26.7 Å². The summed E-state index contributed by atoms with van der Waals surface area (Å²) in [6.07, 6.45) is 7.12. The Bertz CT molecular complexity index is 320. The number of amides is 1. The zero-order valence-corrected chi connectivity index (χ0v) is 10.8. The maximum atomic E-state index is 11.6. The van der Waals surface area contributed by atoms with Crippen LogP contribution in [0.3, 0.4) is 0 Å². The first-order valence-electron chi connectivity index (χ1n) is 6.41. The highest BCUT2D eigenvalue weighted by Crippen LogP contribution is 2.05. The summed E-state index contributed by atoms with van der Waals surface area (Å²) in [7, 11) is 0. The quantitative estimate of drug-likeness (QED) is 0.788. The molecule has 94 valence electrons. The Morgan fingerprint density at radius 1 is 1.29 bits per heavy atom. The number of hydrogen-bond donors (Lipinski definition) is 1. The molecular formula is C14H22N2O. The second-order valence-electron chi connectivity index (χ2n) is 4.34. The van der Waals surface area contributed by atoms with Gasteiger partial charge in [0, 0.05) is 25.4 Å². The van der Waals surface area contributed by atoms with Crippen LogP contribution >= 0.6 is 0 Å². The summed E-state index contributed by atoms with van der Waals surface area (Å²) >= 11 is 0. The van der Waals surface area contributed by atoms with Gasteiger partial charge in [-0.2, -0.15) is 0 Å². The van der Waals surface area contributed by atoms with Gasteiger partial charge in [-0.15, -0.1) is 0 Å². The smallest absolute Gasteiger partial charge is 0.220 e. The van der Waals surface area contributed by atoms with Crippen LogP contribution in [0.1, 0.15) is 38.7 Å². The number of nitrogens with one attached hydrogen (secondary N) is 1. The van der Waals surface area contributed by atoms with Crippen LogP contribution in [-0.2, 0) is 11.2 Å². The monoisotopic (exact) mass is 234 g/mol. The number of nitrogens with zero attached hydrogens (tertiary/aromatic N) is 1. The van der Waals surface area contributed by atoms with Gasteiger partial charge in [0.25, 0.3) is 0 Å². The van der Waals surface area contributed by atoms with E-state index in [1.807, 2.05) is 12.1 Å². The number of carbonyl (C=O) groups is 1. The third-order valence-corrected chi connectivity index (χ3v) is 3.13. The van der Waals surface area contributed by atoms with Crippen molar-refractivity contribution in [2.24, 2.45) is 5.92 Å². The van der Waals surface area contributed by atoms with Crippen LogP contribution in [0.25, 0.3) is 0 Å². The normalized spacial score (nSPS) is 10.5. The van der Waals surface area contributed by atoms with Crippen LogP contribution < -0.4 is 5.32 Å². The summed E-state index contributed by atoms with van der Waals surface area (Å²) in [5, 5.41) is 3.00. The minimum Gasteiger partial charge on any atom is -0.356 e. The molecule has 0 saturated carbocycles. The maximum Gasteiger partial charge on any atom is 0.220 e. The third kappa shape index (κ3) is 5.48. The zero-order chi connectivity index (χ0) is 12.5. The van der Waals surface area contributed by atoms with Crippen LogP contribution in [-0.4, -0.2) is 17.4 Å². The average Bonchev–Trinajstić information content (AvgIpc) is 2.39. The van der Waals surface area contributed by atoms with E-state index in [-0.39, 0.29) is 5.91 Å². The Morgan fingerprint density at radius 2 is 1.94 bits per heavy atom. The first kappa shape index (κ1) is 13.7. The molecule has 0 aliphatic heterocycles. The molecule has 0 aromatic carbocycles. The van der Waals surface area contributed by atoms with E-state index in [9.17, 15) is 4.79 Å². The Balaban J connectivity index is 2.22. The summed E-state index contributed by atoms with van der Waals surface area (Å²) < 4.78 is 0. The Kier molecular flexibility index (Phi) is 6.30. The van der Waals surface area contributed by atoms with Crippen LogP contribution in [0.4, 0.5) is 0 Å². The van der Waals surface area contributed by atoms with Gasteiger partial charge in [-0.25, -0.2) is 0 Å². The van der Waals surface area contributed by atoms with Crippen molar-refractivity contribution in [1.29, 1.82) is 0 Å². The average molecular weight is 234 g/mol. The van der Waals surface area contributed by atoms with Crippen molar-refractivity contribution in [2.75, 3.05) is 6.54 Å². The first-order valence-corrected chi connectivity index (χ1v) is 6.41. The number of aryl methyl sites for hydroxylation is 1. The van der Waals surface area contributed by atoms with Crippen molar-refractivity contribution in [2.45, 2.75) is 39.5 Å². The van der Waals surface area contributed by atoms with Crippen LogP contribution in [0.15, 0.2) is 24.5 Å². The molecule has 0 fully saturated rings. The lowest BCUT2D eigenvalue weighted by atomic mass is 10.0. The molecule has 0 aliphatic rings. The van der Waals surface area contributed by atoms with Crippen LogP contribution in [0.5, 0.6) is 0 Å². The lowest BCUT2D eigenvalue weighted by molar-refractivity contribution is -0.121. The number of hydrogen-bond acceptors (Lipinski definition) is 2. The lowest BCUT2D eigenvalue weighted by Gasteiger charge is -2.13. The second-order valence-corrected chi connectivity index (χ2v) is 4.34. The summed E-state index contributed by atoms with van der Waals surface area (Å²) in [5.41, 5.74) is 1.16. The van der Waals surface area contributed by atoms with Gasteiger partial charge in [0.05, 0.1) is 0 Å². The van der Waals surface area contributed by atoms with Crippen LogP contribution in [0, 0.1) is 5.92 Å². The molecule has 3 nitrogen and oxygen atoms in total. The summed E-state index contributed by atoms with van der Waals surface area (Å²) in [4.78, 5) is 15.6. The molecule has 0 unspecified atom stereocenters. The molecule has 1 aromatic heterocycles. The number of rotatable bonds is 7. The lowest BCUT2D eigenvalue weighted by Crippen LogP contribution is -2.29. The Morgan fingerprint density at radius 3 is 2.53 bits per heavy atom. The minimum absolute atomic E-state index is 0.147. The van der Waals surface area contributed by atoms with Gasteiger partial charge in [-0.3, -0.25) is 9.78 Å². The van der Waals surface area contributed by atoms with E-state index in [2.05, 4.69) is 24.1 Å². The van der Waals surface area contributed by atoms with Crippen molar-refractivity contribution >= 4 is 5.91 Å². The summed E-state index contributed by atoms with van der Waals surface area (Å²) in [6, 6.07) is 3.91. The second kappa shape index (κ2) is 7.82. The molecule has 17 heavy (non-hydrogen) atoms. The minimum atomic E-state index is 0.147. The van der Waals surface area contributed by atoms with Crippen molar-refractivity contribution in [3.8, 4) is 0 Å². The predicted molar refractivity (Wildman–Crippen MR) is 69.6 cm³/mol. The van der Waals surface area contributed by atoms with E-state index in [4.69, 9.17) is 0 Å². The molecule has 0 saturated heterocycles. The number of pyridine rings is 1. The number of aromatic nitrogens is 1. The van der Waals surface area contributed by atoms with Gasteiger partial charge in [0.1, 0.15) is 0 Å². The summed E-state index contributed by atoms with van der Waals surface area (Å²) in [5.74, 6) is 0.758. The molecule has 1 heterocycles. The van der Waals surface area contributed by atoms with Crippen molar-refractivity contribution in [3.63, 3.8) is 0 Å². The standard InChI is InChI=1S/C14H22N2O/c1-3-12(4-2)11-16-14(17)6-5-13-7-9-15-10-8-13/h7-10,12H,3-6,11H2,1-2H3,(H,16,17). The van der Waals surface area contributed by atoms with Gasteiger partial charge in [-0.05, 0) is 30.0 Å². The molecule has 1 N–H and O–H groups in total. The SMILES string of the molecule is CCC(CC)CNC(=O)CCc1ccncc1. The third-order valence-electron chi connectivity index (χ3n) is 3.13. The molecule has 1 amide bonds. The first-order chi connectivity index (χ1) is 8.26. The molecule has 0 spiro atoms. The molecule has 0 bridgehead atoms. The van der Waals surface area contributed by atoms with E-state index < -0.39 is 0 Å². The molecule has 1 rings (SSSR count). The fourth-order valence-corrected chi connectivity index (χ4v) is 1.73. The van der Waals surface area contributed by atoms with Crippen molar-refractivity contribution < 1.29 is 4.79 Å². The van der Waals surface area contributed by atoms with E-state index in [1.54, 1.807) is 12.4 Å². The molecular weight excluding hydrogens is 212 g/mol. The highest BCUT2D eigenvalue weighted by molar-refractivity contribution is 5.76. The largest absolute Gasteiger partial charge is 0.356 e. The zero-order valence-electron chi connectivity index (χ0n) is 10.8. The molecule has 0 aliphatic carbocycles. The van der Waals surface area contributed by atoms with E-state index in [0.717, 1.165) is 31.4 Å². The molecule has 0 atom stereocenters. The predicted octanol–water partition coefficient (Wildman–Crippen LogP) is 2.57. The summed E-state index contributed by atoms with van der Waals surface area (Å²) in [6.45, 7) is 5.14. The fraction of sp³-hybridized carbons (Fsp3) is 0.571. The topological polar surface area (TPSA) is 42.0 Å². The molecule has 1 aromatic rings. The van der Waals surface area contributed by atoms with Gasteiger partial charge in [0.15, 0.2) is 0 Å². The van der Waals surface area contributed by atoms with E-state index >= 15 is 0 Å². The number of carbonyl (C=O) groups excluding carboxylic acids is 1. The highest BCUT2D eigenvalue weighted by atomic mass is 16.1. The molecule has 0 radical (unpaired) electrons. The molecule has 3 heteroatoms. The van der Waals surface area contributed by atoms with Crippen molar-refractivity contribution in [3.05, 3.63) is 30.1 Å². The Labute approximate surface area is 104 Å². The fourth-order valence-electron chi connectivity index (χ4n) is 1.73. The van der Waals surface area contributed by atoms with Gasteiger partial charge in [0.2, 0.25) is 5.91 Å². The van der Waals surface area contributed by atoms with Gasteiger partial charge < -0.3 is 5.32 Å². The van der Waals surface area contributed by atoms with Gasteiger partial charge >= 0.3 is 0 Å².